The van der Waals surface area contributed by atoms with E-state index in [-0.39, 0.29) is 31.2 Å². The van der Waals surface area contributed by atoms with Crippen LogP contribution in [0.4, 0.5) is 4.39 Å². The van der Waals surface area contributed by atoms with E-state index in [1.165, 1.54) is 11.0 Å². The van der Waals surface area contributed by atoms with Crippen LogP contribution >= 0.6 is 0 Å². The molecule has 0 radical (unpaired) electrons. The summed E-state index contributed by atoms with van der Waals surface area (Å²) in [5.41, 5.74) is 1.30. The second-order valence-corrected chi connectivity index (χ2v) is 5.17. The van der Waals surface area contributed by atoms with Crippen molar-refractivity contribution in [3.63, 3.8) is 0 Å². The SMILES string of the molecule is Cc1cc(F)c2c(c1)C(=O)N(C1CCC(=O)NC1=O)C2. The molecule has 1 atom stereocenters. The van der Waals surface area contributed by atoms with Gasteiger partial charge < -0.3 is 4.90 Å². The predicted octanol–water partition coefficient (Wildman–Crippen LogP) is 0.895. The Morgan fingerprint density at radius 2 is 2.05 bits per heavy atom. The number of fused-ring (bicyclic) bond motifs is 1. The van der Waals surface area contributed by atoms with Gasteiger partial charge in [-0.2, -0.15) is 0 Å². The maximum Gasteiger partial charge on any atom is 0.255 e. The summed E-state index contributed by atoms with van der Waals surface area (Å²) in [6.07, 6.45) is 0.475. The molecule has 0 aromatic heterocycles. The molecular formula is C14H13FN2O3. The molecule has 20 heavy (non-hydrogen) atoms. The number of amides is 3. The molecule has 1 N–H and O–H groups in total. The van der Waals surface area contributed by atoms with Gasteiger partial charge in [0.2, 0.25) is 11.8 Å². The first kappa shape index (κ1) is 12.8. The quantitative estimate of drug-likeness (QED) is 0.775. The number of benzene rings is 1. The van der Waals surface area contributed by atoms with E-state index in [2.05, 4.69) is 5.32 Å². The molecule has 2 heterocycles. The summed E-state index contributed by atoms with van der Waals surface area (Å²) in [6, 6.07) is 2.31. The third kappa shape index (κ3) is 1.88. The Hall–Kier alpha value is -2.24. The summed E-state index contributed by atoms with van der Waals surface area (Å²) in [6.45, 7) is 1.79. The fourth-order valence-corrected chi connectivity index (χ4v) is 2.75. The number of hydrogen-bond donors (Lipinski definition) is 1. The molecular weight excluding hydrogens is 263 g/mol. The van der Waals surface area contributed by atoms with Crippen LogP contribution in [0.1, 0.15) is 34.3 Å². The summed E-state index contributed by atoms with van der Waals surface area (Å²) in [5.74, 6) is -1.60. The summed E-state index contributed by atoms with van der Waals surface area (Å²) < 4.78 is 13.9. The van der Waals surface area contributed by atoms with Crippen LogP contribution in [0.2, 0.25) is 0 Å². The number of nitrogens with one attached hydrogen (secondary N) is 1. The molecule has 3 amide bonds. The van der Waals surface area contributed by atoms with Crippen LogP contribution in [-0.2, 0) is 16.1 Å². The molecule has 1 aromatic rings. The predicted molar refractivity (Wildman–Crippen MR) is 67.2 cm³/mol. The Morgan fingerprint density at radius 1 is 1.30 bits per heavy atom. The van der Waals surface area contributed by atoms with Gasteiger partial charge in [-0.25, -0.2) is 4.39 Å². The van der Waals surface area contributed by atoms with Crippen molar-refractivity contribution in [1.29, 1.82) is 0 Å². The number of halogens is 1. The van der Waals surface area contributed by atoms with Gasteiger partial charge in [0.1, 0.15) is 11.9 Å². The molecule has 5 nitrogen and oxygen atoms in total. The van der Waals surface area contributed by atoms with Crippen molar-refractivity contribution in [3.05, 3.63) is 34.6 Å². The summed E-state index contributed by atoms with van der Waals surface area (Å²) >= 11 is 0. The standard InChI is InChI=1S/C14H13FN2O3/c1-7-4-8-9(10(15)5-7)6-17(14(8)20)11-2-3-12(18)16-13(11)19/h4-5,11H,2-3,6H2,1H3,(H,16,18,19). The lowest BCUT2D eigenvalue weighted by molar-refractivity contribution is -0.136. The summed E-state index contributed by atoms with van der Waals surface area (Å²) in [5, 5.41) is 2.21. The highest BCUT2D eigenvalue weighted by Crippen LogP contribution is 2.29. The van der Waals surface area contributed by atoms with Gasteiger partial charge in [-0.3, -0.25) is 19.7 Å². The average molecular weight is 276 g/mol. The van der Waals surface area contributed by atoms with Gasteiger partial charge in [0.05, 0.1) is 6.54 Å². The first-order chi connectivity index (χ1) is 9.47. The van der Waals surface area contributed by atoms with E-state index >= 15 is 0 Å². The second kappa shape index (κ2) is 4.40. The minimum atomic E-state index is -0.702. The highest BCUT2D eigenvalue weighted by molar-refractivity contribution is 6.05. The van der Waals surface area contributed by atoms with Gasteiger partial charge in [-0.15, -0.1) is 0 Å². The lowest BCUT2D eigenvalue weighted by Crippen LogP contribution is -2.52. The van der Waals surface area contributed by atoms with Crippen molar-refractivity contribution >= 4 is 17.7 Å². The first-order valence-corrected chi connectivity index (χ1v) is 6.41. The van der Waals surface area contributed by atoms with Crippen molar-refractivity contribution < 1.29 is 18.8 Å². The van der Waals surface area contributed by atoms with E-state index in [1.54, 1.807) is 13.0 Å². The molecule has 1 unspecified atom stereocenters. The number of aryl methyl sites for hydroxylation is 1. The number of piperidine rings is 1. The lowest BCUT2D eigenvalue weighted by Gasteiger charge is -2.29. The summed E-state index contributed by atoms with van der Waals surface area (Å²) in [7, 11) is 0. The van der Waals surface area contributed by atoms with Crippen LogP contribution in [0.15, 0.2) is 12.1 Å². The van der Waals surface area contributed by atoms with Crippen molar-refractivity contribution in [2.45, 2.75) is 32.4 Å². The van der Waals surface area contributed by atoms with E-state index in [0.29, 0.717) is 16.7 Å². The normalized spacial score (nSPS) is 22.0. The minimum absolute atomic E-state index is 0.0759. The van der Waals surface area contributed by atoms with Crippen LogP contribution in [0.25, 0.3) is 0 Å². The molecule has 0 bridgehead atoms. The number of carbonyl (C=O) groups excluding carboxylic acids is 3. The van der Waals surface area contributed by atoms with E-state index in [9.17, 15) is 18.8 Å². The third-order valence-electron chi connectivity index (χ3n) is 3.75. The average Bonchev–Trinajstić information content (AvgIpc) is 2.68. The molecule has 2 aliphatic rings. The number of hydrogen-bond acceptors (Lipinski definition) is 3. The van der Waals surface area contributed by atoms with Crippen LogP contribution in [0.3, 0.4) is 0 Å². The molecule has 1 aromatic carbocycles. The number of nitrogens with zero attached hydrogens (tertiary/aromatic N) is 1. The maximum atomic E-state index is 13.9. The molecule has 0 spiro atoms. The minimum Gasteiger partial charge on any atom is -0.322 e. The Balaban J connectivity index is 1.92. The van der Waals surface area contributed by atoms with Crippen molar-refractivity contribution in [2.75, 3.05) is 0 Å². The fourth-order valence-electron chi connectivity index (χ4n) is 2.75. The Bertz CT molecular complexity index is 642. The van der Waals surface area contributed by atoms with E-state index in [0.717, 1.165) is 0 Å². The first-order valence-electron chi connectivity index (χ1n) is 6.41. The fraction of sp³-hybridized carbons (Fsp3) is 0.357. The van der Waals surface area contributed by atoms with E-state index < -0.39 is 17.8 Å². The third-order valence-corrected chi connectivity index (χ3v) is 3.75. The van der Waals surface area contributed by atoms with E-state index in [4.69, 9.17) is 0 Å². The van der Waals surface area contributed by atoms with Crippen molar-refractivity contribution in [2.24, 2.45) is 0 Å². The van der Waals surface area contributed by atoms with Crippen molar-refractivity contribution in [1.82, 2.24) is 10.2 Å². The van der Waals surface area contributed by atoms with Gasteiger partial charge >= 0.3 is 0 Å². The molecule has 2 aliphatic heterocycles. The monoisotopic (exact) mass is 276 g/mol. The molecule has 0 aliphatic carbocycles. The van der Waals surface area contributed by atoms with Gasteiger partial charge in [0.15, 0.2) is 0 Å². The molecule has 0 saturated carbocycles. The number of imide groups is 1. The molecule has 1 fully saturated rings. The second-order valence-electron chi connectivity index (χ2n) is 5.17. The zero-order chi connectivity index (χ0) is 14.4. The van der Waals surface area contributed by atoms with Crippen molar-refractivity contribution in [3.8, 4) is 0 Å². The van der Waals surface area contributed by atoms with Gasteiger partial charge in [0, 0.05) is 17.5 Å². The van der Waals surface area contributed by atoms with Crippen LogP contribution in [-0.4, -0.2) is 28.7 Å². The molecule has 1 saturated heterocycles. The van der Waals surface area contributed by atoms with Gasteiger partial charge in [0.25, 0.3) is 5.91 Å². The van der Waals surface area contributed by atoms with Gasteiger partial charge in [-0.1, -0.05) is 0 Å². The number of rotatable bonds is 1. The largest absolute Gasteiger partial charge is 0.322 e. The zero-order valence-electron chi connectivity index (χ0n) is 10.9. The molecule has 3 rings (SSSR count). The van der Waals surface area contributed by atoms with Crippen LogP contribution < -0.4 is 5.32 Å². The number of carbonyl (C=O) groups is 3. The smallest absolute Gasteiger partial charge is 0.255 e. The maximum absolute atomic E-state index is 13.9. The Morgan fingerprint density at radius 3 is 2.75 bits per heavy atom. The zero-order valence-corrected chi connectivity index (χ0v) is 10.9. The highest BCUT2D eigenvalue weighted by Gasteiger charge is 2.40. The van der Waals surface area contributed by atoms with E-state index in [1.807, 2.05) is 0 Å². The summed E-state index contributed by atoms with van der Waals surface area (Å²) in [4.78, 5) is 36.6. The van der Waals surface area contributed by atoms with Crippen LogP contribution in [0.5, 0.6) is 0 Å². The van der Waals surface area contributed by atoms with Crippen LogP contribution in [0, 0.1) is 12.7 Å². The Kier molecular flexibility index (Phi) is 2.81. The highest BCUT2D eigenvalue weighted by atomic mass is 19.1. The molecule has 104 valence electrons. The van der Waals surface area contributed by atoms with Gasteiger partial charge in [-0.05, 0) is 31.0 Å². The topological polar surface area (TPSA) is 66.5 Å². The Labute approximate surface area is 114 Å². The molecule has 6 heteroatoms. The lowest BCUT2D eigenvalue weighted by atomic mass is 10.0.